The molecule has 0 aliphatic rings. The second kappa shape index (κ2) is 5.27. The highest BCUT2D eigenvalue weighted by molar-refractivity contribution is 7.89. The van der Waals surface area contributed by atoms with Crippen LogP contribution in [0.5, 0.6) is 0 Å². The first-order valence-electron chi connectivity index (χ1n) is 4.81. The van der Waals surface area contributed by atoms with Crippen LogP contribution >= 0.6 is 0 Å². The Kier molecular flexibility index (Phi) is 4.23. The van der Waals surface area contributed by atoms with Crippen LogP contribution in [-0.2, 0) is 16.6 Å². The summed E-state index contributed by atoms with van der Waals surface area (Å²) < 4.78 is 38.3. The van der Waals surface area contributed by atoms with E-state index in [0.29, 0.717) is 5.56 Å². The largest absolute Gasteiger partial charge is 0.326 e. The molecule has 0 saturated heterocycles. The molecule has 4 nitrogen and oxygen atoms in total. The van der Waals surface area contributed by atoms with Gasteiger partial charge in [-0.25, -0.2) is 12.8 Å². The predicted octanol–water partition coefficient (Wildman–Crippen LogP) is 0.538. The van der Waals surface area contributed by atoms with Crippen molar-refractivity contribution in [3.63, 3.8) is 0 Å². The molecule has 0 heterocycles. The van der Waals surface area contributed by atoms with Gasteiger partial charge >= 0.3 is 0 Å². The molecule has 0 spiro atoms. The van der Waals surface area contributed by atoms with E-state index in [1.165, 1.54) is 19.2 Å². The quantitative estimate of drug-likeness (QED) is 0.800. The smallest absolute Gasteiger partial charge is 0.246 e. The summed E-state index contributed by atoms with van der Waals surface area (Å²) in [5.41, 5.74) is 5.86. The van der Waals surface area contributed by atoms with Crippen molar-refractivity contribution in [2.75, 3.05) is 13.6 Å². The van der Waals surface area contributed by atoms with Gasteiger partial charge in [-0.05, 0) is 17.7 Å². The molecule has 92 valence electrons. The Bertz CT molecular complexity index is 549. The molecule has 1 aromatic rings. The lowest BCUT2D eigenvalue weighted by Crippen LogP contribution is -2.28. The van der Waals surface area contributed by atoms with E-state index in [1.807, 2.05) is 0 Å². The van der Waals surface area contributed by atoms with Gasteiger partial charge in [0.2, 0.25) is 10.0 Å². The van der Waals surface area contributed by atoms with Gasteiger partial charge < -0.3 is 5.73 Å². The van der Waals surface area contributed by atoms with Crippen LogP contribution in [0.2, 0.25) is 0 Å². The summed E-state index contributed by atoms with van der Waals surface area (Å²) in [5.74, 6) is 1.37. The van der Waals surface area contributed by atoms with Gasteiger partial charge in [0, 0.05) is 13.6 Å². The molecular weight excluding hydrogens is 243 g/mol. The van der Waals surface area contributed by atoms with Crippen molar-refractivity contribution in [1.29, 1.82) is 0 Å². The predicted molar refractivity (Wildman–Crippen MR) is 62.9 cm³/mol. The topological polar surface area (TPSA) is 63.4 Å². The summed E-state index contributed by atoms with van der Waals surface area (Å²) in [6.07, 6.45) is 5.02. The lowest BCUT2D eigenvalue weighted by Gasteiger charge is -2.15. The molecule has 0 saturated carbocycles. The first-order chi connectivity index (χ1) is 7.93. The molecule has 1 aromatic carbocycles. The van der Waals surface area contributed by atoms with Gasteiger partial charge in [0.15, 0.2) is 0 Å². The molecule has 2 N–H and O–H groups in total. The van der Waals surface area contributed by atoms with E-state index in [2.05, 4.69) is 5.92 Å². The summed E-state index contributed by atoms with van der Waals surface area (Å²) in [6.45, 7) is 0.0395. The molecule has 0 aliphatic heterocycles. The Morgan fingerprint density at radius 1 is 1.53 bits per heavy atom. The molecule has 0 amide bonds. The van der Waals surface area contributed by atoms with Crippen LogP contribution in [0.25, 0.3) is 0 Å². The molecule has 1 rings (SSSR count). The van der Waals surface area contributed by atoms with Gasteiger partial charge in [0.1, 0.15) is 10.7 Å². The van der Waals surface area contributed by atoms with Crippen LogP contribution in [0.1, 0.15) is 5.56 Å². The van der Waals surface area contributed by atoms with E-state index in [0.717, 1.165) is 10.4 Å². The van der Waals surface area contributed by atoms with Crippen molar-refractivity contribution in [3.05, 3.63) is 29.6 Å². The summed E-state index contributed by atoms with van der Waals surface area (Å²) in [5, 5.41) is 0. The first kappa shape index (κ1) is 13.6. The number of nitrogens with two attached hydrogens (primary N) is 1. The van der Waals surface area contributed by atoms with Gasteiger partial charge in [-0.3, -0.25) is 0 Å². The third kappa shape index (κ3) is 2.82. The fourth-order valence-electron chi connectivity index (χ4n) is 1.26. The highest BCUT2D eigenvalue weighted by atomic mass is 32.2. The SMILES string of the molecule is C#CCN(C)S(=O)(=O)c1ccc(CN)cc1F. The summed E-state index contributed by atoms with van der Waals surface area (Å²) in [6, 6.07) is 3.77. The Hall–Kier alpha value is -1.42. The van der Waals surface area contributed by atoms with Crippen molar-refractivity contribution in [2.24, 2.45) is 5.73 Å². The van der Waals surface area contributed by atoms with Crippen LogP contribution in [0.3, 0.4) is 0 Å². The van der Waals surface area contributed by atoms with Crippen LogP contribution in [0, 0.1) is 18.2 Å². The normalized spacial score (nSPS) is 11.5. The summed E-state index contributed by atoms with van der Waals surface area (Å²) in [4.78, 5) is -0.396. The molecule has 0 radical (unpaired) electrons. The third-order valence-electron chi connectivity index (χ3n) is 2.23. The highest BCUT2D eigenvalue weighted by Crippen LogP contribution is 2.19. The zero-order chi connectivity index (χ0) is 13.1. The number of halogens is 1. The minimum Gasteiger partial charge on any atom is -0.326 e. The van der Waals surface area contributed by atoms with E-state index in [9.17, 15) is 12.8 Å². The molecule has 0 atom stereocenters. The van der Waals surface area contributed by atoms with Gasteiger partial charge in [0.05, 0.1) is 6.54 Å². The average molecular weight is 256 g/mol. The molecule has 0 fully saturated rings. The monoisotopic (exact) mass is 256 g/mol. The van der Waals surface area contributed by atoms with E-state index < -0.39 is 20.7 Å². The fourth-order valence-corrected chi connectivity index (χ4v) is 2.39. The molecule has 0 aromatic heterocycles. The number of hydrogen-bond acceptors (Lipinski definition) is 3. The summed E-state index contributed by atoms with van der Waals surface area (Å²) >= 11 is 0. The van der Waals surface area contributed by atoms with E-state index in [4.69, 9.17) is 12.2 Å². The second-order valence-corrected chi connectivity index (χ2v) is 5.45. The number of terminal acetylenes is 1. The molecule has 0 bridgehead atoms. The standard InChI is InChI=1S/C11H13FN2O2S/c1-3-6-14(2)17(15,16)11-5-4-9(8-13)7-10(11)12/h1,4-5,7H,6,8,13H2,2H3. The minimum absolute atomic E-state index is 0.111. The molecule has 0 aliphatic carbocycles. The Morgan fingerprint density at radius 2 is 2.18 bits per heavy atom. The van der Waals surface area contributed by atoms with Crippen molar-refractivity contribution in [1.82, 2.24) is 4.31 Å². The number of sulfonamides is 1. The second-order valence-electron chi connectivity index (χ2n) is 3.43. The van der Waals surface area contributed by atoms with Crippen molar-refractivity contribution in [3.8, 4) is 12.3 Å². The summed E-state index contributed by atoms with van der Waals surface area (Å²) in [7, 11) is -2.58. The molecular formula is C11H13FN2O2S. The van der Waals surface area contributed by atoms with E-state index in [-0.39, 0.29) is 13.1 Å². The zero-order valence-corrected chi connectivity index (χ0v) is 10.2. The third-order valence-corrected chi connectivity index (χ3v) is 4.07. The maximum Gasteiger partial charge on any atom is 0.246 e. The van der Waals surface area contributed by atoms with Gasteiger partial charge in [-0.15, -0.1) is 6.42 Å². The lowest BCUT2D eigenvalue weighted by atomic mass is 10.2. The van der Waals surface area contributed by atoms with Gasteiger partial charge in [0.25, 0.3) is 0 Å². The van der Waals surface area contributed by atoms with Crippen molar-refractivity contribution >= 4 is 10.0 Å². The van der Waals surface area contributed by atoms with E-state index in [1.54, 1.807) is 0 Å². The van der Waals surface area contributed by atoms with Crippen LogP contribution < -0.4 is 5.73 Å². The Labute approximate surface area is 100 Å². The van der Waals surface area contributed by atoms with E-state index >= 15 is 0 Å². The van der Waals surface area contributed by atoms with Crippen molar-refractivity contribution < 1.29 is 12.8 Å². The lowest BCUT2D eigenvalue weighted by molar-refractivity contribution is 0.492. The van der Waals surface area contributed by atoms with Crippen LogP contribution in [0.15, 0.2) is 23.1 Å². The van der Waals surface area contributed by atoms with Crippen molar-refractivity contribution in [2.45, 2.75) is 11.4 Å². The molecule has 17 heavy (non-hydrogen) atoms. The van der Waals surface area contributed by atoms with Crippen LogP contribution in [0.4, 0.5) is 4.39 Å². The Morgan fingerprint density at radius 3 is 2.65 bits per heavy atom. The maximum atomic E-state index is 13.6. The zero-order valence-electron chi connectivity index (χ0n) is 9.35. The molecule has 6 heteroatoms. The number of nitrogens with zero attached hydrogens (tertiary/aromatic N) is 1. The first-order valence-corrected chi connectivity index (χ1v) is 6.25. The van der Waals surface area contributed by atoms with Gasteiger partial charge in [-0.2, -0.15) is 4.31 Å². The minimum atomic E-state index is -3.88. The molecule has 0 unspecified atom stereocenters. The number of rotatable bonds is 4. The fraction of sp³-hybridized carbons (Fsp3) is 0.273. The van der Waals surface area contributed by atoms with Gasteiger partial charge in [-0.1, -0.05) is 12.0 Å². The average Bonchev–Trinajstić information content (AvgIpc) is 2.28. The number of hydrogen-bond donors (Lipinski definition) is 1. The number of benzene rings is 1. The Balaban J connectivity index is 3.21. The maximum absolute atomic E-state index is 13.6. The van der Waals surface area contributed by atoms with Crippen LogP contribution in [-0.4, -0.2) is 26.3 Å². The highest BCUT2D eigenvalue weighted by Gasteiger charge is 2.23.